The molecule has 4 nitrogen and oxygen atoms in total. The zero-order valence-corrected chi connectivity index (χ0v) is 8.27. The third-order valence-electron chi connectivity index (χ3n) is 2.58. The molecule has 0 saturated carbocycles. The topological polar surface area (TPSA) is 55.7 Å². The molecule has 0 aliphatic carbocycles. The summed E-state index contributed by atoms with van der Waals surface area (Å²) in [5.74, 6) is 0. The Morgan fingerprint density at radius 1 is 1.25 bits per heavy atom. The highest BCUT2D eigenvalue weighted by Crippen LogP contribution is 2.30. The molecule has 0 aliphatic heterocycles. The summed E-state index contributed by atoms with van der Waals surface area (Å²) in [5, 5.41) is 1.86. The van der Waals surface area contributed by atoms with Gasteiger partial charge in [-0.05, 0) is 18.2 Å². The Morgan fingerprint density at radius 3 is 3.00 bits per heavy atom. The molecule has 4 heteroatoms. The van der Waals surface area contributed by atoms with Gasteiger partial charge >= 0.3 is 0 Å². The molecule has 1 aromatic carbocycles. The summed E-state index contributed by atoms with van der Waals surface area (Å²) in [7, 11) is 0. The first kappa shape index (κ1) is 8.95. The van der Waals surface area contributed by atoms with E-state index in [0.717, 1.165) is 27.5 Å². The quantitative estimate of drug-likeness (QED) is 0.485. The second-order valence-corrected chi connectivity index (χ2v) is 3.43. The van der Waals surface area contributed by atoms with Crippen LogP contribution >= 0.6 is 0 Å². The number of aliphatic imine (C=N–C) groups is 1. The summed E-state index contributed by atoms with van der Waals surface area (Å²) in [6.45, 7) is 0.254. The Hall–Kier alpha value is -2.32. The van der Waals surface area contributed by atoms with E-state index in [0.29, 0.717) is 0 Å². The van der Waals surface area contributed by atoms with Crippen LogP contribution in [0.3, 0.4) is 0 Å². The van der Waals surface area contributed by atoms with Crippen LogP contribution in [0.25, 0.3) is 21.9 Å². The Labute approximate surface area is 90.2 Å². The molecule has 78 valence electrons. The van der Waals surface area contributed by atoms with Crippen molar-refractivity contribution in [1.29, 1.82) is 0 Å². The standard InChI is InChI=1S/C12H7NO3/c14-7-13-6-10-9-2-4-15-11(9)5-8-1-3-16-12(8)10/h1-5H,6H2. The molecule has 0 unspecified atom stereocenters. The van der Waals surface area contributed by atoms with Crippen LogP contribution in [0.2, 0.25) is 0 Å². The van der Waals surface area contributed by atoms with Crippen LogP contribution in [-0.4, -0.2) is 6.08 Å². The first-order chi connectivity index (χ1) is 7.90. The van der Waals surface area contributed by atoms with Crippen molar-refractivity contribution in [3.8, 4) is 0 Å². The molecule has 0 amide bonds. The number of nitrogens with zero attached hydrogens (tertiary/aromatic N) is 1. The van der Waals surface area contributed by atoms with E-state index in [1.54, 1.807) is 12.5 Å². The lowest BCUT2D eigenvalue weighted by Crippen LogP contribution is -1.83. The Bertz CT molecular complexity index is 653. The van der Waals surface area contributed by atoms with Crippen molar-refractivity contribution in [2.45, 2.75) is 6.54 Å². The SMILES string of the molecule is O=C=NCc1c2ccoc2cc2ccoc12. The number of isocyanates is 1. The summed E-state index contributed by atoms with van der Waals surface area (Å²) in [4.78, 5) is 13.8. The second-order valence-electron chi connectivity index (χ2n) is 3.43. The maximum Gasteiger partial charge on any atom is 0.235 e. The highest BCUT2D eigenvalue weighted by Gasteiger charge is 2.11. The van der Waals surface area contributed by atoms with Gasteiger partial charge in [0.2, 0.25) is 6.08 Å². The first-order valence-electron chi connectivity index (χ1n) is 4.80. The van der Waals surface area contributed by atoms with Gasteiger partial charge in [-0.2, -0.15) is 0 Å². The van der Waals surface area contributed by atoms with E-state index in [-0.39, 0.29) is 6.54 Å². The average Bonchev–Trinajstić information content (AvgIpc) is 2.91. The minimum Gasteiger partial charge on any atom is -0.464 e. The molecule has 0 N–H and O–H groups in total. The maximum atomic E-state index is 10.2. The number of benzene rings is 1. The predicted molar refractivity (Wildman–Crippen MR) is 57.8 cm³/mol. The molecular formula is C12H7NO3. The van der Waals surface area contributed by atoms with Gasteiger partial charge in [0, 0.05) is 16.3 Å². The lowest BCUT2D eigenvalue weighted by atomic mass is 10.1. The van der Waals surface area contributed by atoms with E-state index >= 15 is 0 Å². The van der Waals surface area contributed by atoms with Gasteiger partial charge in [-0.15, -0.1) is 0 Å². The van der Waals surface area contributed by atoms with E-state index in [2.05, 4.69) is 4.99 Å². The second kappa shape index (κ2) is 3.36. The minimum atomic E-state index is 0.254. The number of fused-ring (bicyclic) bond motifs is 2. The fourth-order valence-electron chi connectivity index (χ4n) is 1.89. The zero-order chi connectivity index (χ0) is 11.0. The molecule has 0 saturated heterocycles. The molecule has 2 aromatic heterocycles. The lowest BCUT2D eigenvalue weighted by Gasteiger charge is -1.99. The Kier molecular flexibility index (Phi) is 1.88. The Balaban J connectivity index is 2.41. The highest BCUT2D eigenvalue weighted by atomic mass is 16.3. The van der Waals surface area contributed by atoms with E-state index in [9.17, 15) is 4.79 Å². The maximum absolute atomic E-state index is 10.2. The fourth-order valence-corrected chi connectivity index (χ4v) is 1.89. The van der Waals surface area contributed by atoms with Crippen molar-refractivity contribution in [2.24, 2.45) is 4.99 Å². The van der Waals surface area contributed by atoms with E-state index in [4.69, 9.17) is 8.83 Å². The molecule has 0 atom stereocenters. The molecule has 16 heavy (non-hydrogen) atoms. The van der Waals surface area contributed by atoms with Gasteiger partial charge in [-0.3, -0.25) is 0 Å². The van der Waals surface area contributed by atoms with Crippen LogP contribution in [-0.2, 0) is 11.3 Å². The van der Waals surface area contributed by atoms with Gasteiger partial charge in [-0.25, -0.2) is 9.79 Å². The summed E-state index contributed by atoms with van der Waals surface area (Å²) in [5.41, 5.74) is 2.37. The van der Waals surface area contributed by atoms with Crippen LogP contribution in [0, 0.1) is 0 Å². The van der Waals surface area contributed by atoms with Crippen molar-refractivity contribution in [2.75, 3.05) is 0 Å². The highest BCUT2D eigenvalue weighted by molar-refractivity contribution is 5.97. The fraction of sp³-hybridized carbons (Fsp3) is 0.0833. The van der Waals surface area contributed by atoms with Gasteiger partial charge in [0.1, 0.15) is 11.2 Å². The molecule has 3 rings (SSSR count). The number of hydrogen-bond acceptors (Lipinski definition) is 4. The van der Waals surface area contributed by atoms with Gasteiger partial charge < -0.3 is 8.83 Å². The van der Waals surface area contributed by atoms with E-state index in [1.165, 1.54) is 6.08 Å². The zero-order valence-electron chi connectivity index (χ0n) is 8.27. The average molecular weight is 213 g/mol. The third kappa shape index (κ3) is 1.17. The molecule has 0 radical (unpaired) electrons. The van der Waals surface area contributed by atoms with Crippen molar-refractivity contribution in [3.05, 3.63) is 36.3 Å². The Morgan fingerprint density at radius 2 is 2.12 bits per heavy atom. The predicted octanol–water partition coefficient (Wildman–Crippen LogP) is 3.01. The summed E-state index contributed by atoms with van der Waals surface area (Å²) >= 11 is 0. The van der Waals surface area contributed by atoms with E-state index in [1.807, 2.05) is 18.2 Å². The van der Waals surface area contributed by atoms with Crippen LogP contribution < -0.4 is 0 Å². The van der Waals surface area contributed by atoms with Gasteiger partial charge in [0.25, 0.3) is 0 Å². The summed E-state index contributed by atoms with van der Waals surface area (Å²) in [6.07, 6.45) is 4.75. The summed E-state index contributed by atoms with van der Waals surface area (Å²) in [6, 6.07) is 5.60. The van der Waals surface area contributed by atoms with Crippen LogP contribution in [0.1, 0.15) is 5.56 Å². The van der Waals surface area contributed by atoms with Crippen molar-refractivity contribution >= 4 is 28.0 Å². The number of rotatable bonds is 2. The van der Waals surface area contributed by atoms with Crippen LogP contribution in [0.5, 0.6) is 0 Å². The van der Waals surface area contributed by atoms with Crippen LogP contribution in [0.15, 0.2) is 44.6 Å². The minimum absolute atomic E-state index is 0.254. The monoisotopic (exact) mass is 213 g/mol. The van der Waals surface area contributed by atoms with Crippen molar-refractivity contribution in [1.82, 2.24) is 0 Å². The van der Waals surface area contributed by atoms with E-state index < -0.39 is 0 Å². The molecular weight excluding hydrogens is 206 g/mol. The largest absolute Gasteiger partial charge is 0.464 e. The molecule has 3 aromatic rings. The normalized spacial score (nSPS) is 10.8. The number of furan rings is 2. The molecule has 0 fully saturated rings. The van der Waals surface area contributed by atoms with Gasteiger partial charge in [0.05, 0.1) is 19.1 Å². The molecule has 0 spiro atoms. The first-order valence-corrected chi connectivity index (χ1v) is 4.80. The smallest absolute Gasteiger partial charge is 0.235 e. The van der Waals surface area contributed by atoms with Gasteiger partial charge in [-0.1, -0.05) is 0 Å². The van der Waals surface area contributed by atoms with Gasteiger partial charge in [0.15, 0.2) is 0 Å². The van der Waals surface area contributed by atoms with Crippen LogP contribution in [0.4, 0.5) is 0 Å². The van der Waals surface area contributed by atoms with Crippen molar-refractivity contribution in [3.63, 3.8) is 0 Å². The third-order valence-corrected chi connectivity index (χ3v) is 2.58. The number of hydrogen-bond donors (Lipinski definition) is 0. The lowest BCUT2D eigenvalue weighted by molar-refractivity contribution is 0.562. The molecule has 0 bridgehead atoms. The number of carbonyl (C=O) groups excluding carboxylic acids is 1. The molecule has 2 heterocycles. The van der Waals surface area contributed by atoms with Crippen molar-refractivity contribution < 1.29 is 13.6 Å². The molecule has 0 aliphatic rings. The summed E-state index contributed by atoms with van der Waals surface area (Å²) < 4.78 is 10.7.